The fraction of sp³-hybridized carbons (Fsp3) is 0.200. The predicted octanol–water partition coefficient (Wildman–Crippen LogP) is 4.14. The third-order valence-corrected chi connectivity index (χ3v) is 3.53. The molecule has 1 unspecified atom stereocenters. The van der Waals surface area contributed by atoms with Crippen molar-refractivity contribution >= 4 is 11.6 Å². The van der Waals surface area contributed by atoms with Crippen LogP contribution in [0, 0.1) is 19.7 Å². The van der Waals surface area contributed by atoms with E-state index in [1.54, 1.807) is 12.1 Å². The normalized spacial score (nSPS) is 12.5. The van der Waals surface area contributed by atoms with Crippen molar-refractivity contribution in [1.82, 2.24) is 0 Å². The Balaban J connectivity index is 2.48. The van der Waals surface area contributed by atoms with Gasteiger partial charge in [-0.25, -0.2) is 4.39 Å². The van der Waals surface area contributed by atoms with Crippen LogP contribution in [0.15, 0.2) is 36.4 Å². The third kappa shape index (κ3) is 2.40. The molecule has 0 saturated carbocycles. The fourth-order valence-electron chi connectivity index (χ4n) is 1.93. The summed E-state index contributed by atoms with van der Waals surface area (Å²) >= 11 is 6.03. The molecular weight excluding hydrogens is 249 g/mol. The van der Waals surface area contributed by atoms with E-state index in [1.165, 1.54) is 11.6 Å². The first-order chi connectivity index (χ1) is 8.50. The van der Waals surface area contributed by atoms with E-state index in [0.717, 1.165) is 11.1 Å². The zero-order valence-electron chi connectivity index (χ0n) is 10.4. The molecule has 2 aromatic rings. The minimum Gasteiger partial charge on any atom is -0.320 e. The lowest BCUT2D eigenvalue weighted by molar-refractivity contribution is 0.600. The molecule has 3 heteroatoms. The van der Waals surface area contributed by atoms with Crippen molar-refractivity contribution < 1.29 is 4.39 Å². The molecule has 0 aromatic heterocycles. The minimum absolute atomic E-state index is 0.349. The maximum Gasteiger partial charge on any atom is 0.129 e. The first-order valence-corrected chi connectivity index (χ1v) is 6.15. The molecule has 0 spiro atoms. The molecule has 2 N–H and O–H groups in total. The van der Waals surface area contributed by atoms with Gasteiger partial charge in [-0.2, -0.15) is 0 Å². The van der Waals surface area contributed by atoms with Gasteiger partial charge in [0.2, 0.25) is 0 Å². The SMILES string of the molecule is Cc1ccc(C(N)c2c(F)cccc2Cl)cc1C. The highest BCUT2D eigenvalue weighted by Gasteiger charge is 2.17. The third-order valence-electron chi connectivity index (χ3n) is 3.20. The number of hydrogen-bond acceptors (Lipinski definition) is 1. The average molecular weight is 264 g/mol. The Morgan fingerprint density at radius 1 is 1.11 bits per heavy atom. The summed E-state index contributed by atoms with van der Waals surface area (Å²) in [6.07, 6.45) is 0. The fourth-order valence-corrected chi connectivity index (χ4v) is 2.21. The molecular formula is C15H15ClFN. The molecule has 0 aliphatic rings. The highest BCUT2D eigenvalue weighted by molar-refractivity contribution is 6.31. The molecule has 0 fully saturated rings. The zero-order chi connectivity index (χ0) is 13.3. The van der Waals surface area contributed by atoms with Gasteiger partial charge in [0, 0.05) is 10.6 Å². The van der Waals surface area contributed by atoms with Gasteiger partial charge in [-0.05, 0) is 42.7 Å². The summed E-state index contributed by atoms with van der Waals surface area (Å²) in [4.78, 5) is 0. The van der Waals surface area contributed by atoms with Gasteiger partial charge in [0.25, 0.3) is 0 Å². The molecule has 2 rings (SSSR count). The number of hydrogen-bond donors (Lipinski definition) is 1. The predicted molar refractivity (Wildman–Crippen MR) is 73.4 cm³/mol. The van der Waals surface area contributed by atoms with Gasteiger partial charge in [0.05, 0.1) is 6.04 Å². The number of aryl methyl sites for hydroxylation is 2. The standard InChI is InChI=1S/C15H15ClFN/c1-9-6-7-11(8-10(9)2)15(18)14-12(16)4-3-5-13(14)17/h3-8,15H,18H2,1-2H3. The Morgan fingerprint density at radius 2 is 1.83 bits per heavy atom. The second-order valence-electron chi connectivity index (χ2n) is 4.46. The molecule has 0 heterocycles. The summed E-state index contributed by atoms with van der Waals surface area (Å²) in [5.74, 6) is -0.367. The van der Waals surface area contributed by atoms with Crippen molar-refractivity contribution in [2.24, 2.45) is 5.73 Å². The Morgan fingerprint density at radius 3 is 2.44 bits per heavy atom. The van der Waals surface area contributed by atoms with Gasteiger partial charge in [-0.1, -0.05) is 35.9 Å². The Labute approximate surface area is 111 Å². The Bertz CT molecular complexity index is 560. The molecule has 0 radical (unpaired) electrons. The number of nitrogens with two attached hydrogens (primary N) is 1. The summed E-state index contributed by atoms with van der Waals surface area (Å²) in [5.41, 5.74) is 9.65. The lowest BCUT2D eigenvalue weighted by atomic mass is 9.96. The van der Waals surface area contributed by atoms with E-state index in [9.17, 15) is 4.39 Å². The van der Waals surface area contributed by atoms with E-state index < -0.39 is 6.04 Å². The van der Waals surface area contributed by atoms with Gasteiger partial charge >= 0.3 is 0 Å². The first-order valence-electron chi connectivity index (χ1n) is 5.77. The maximum absolute atomic E-state index is 13.8. The van der Waals surface area contributed by atoms with Gasteiger partial charge < -0.3 is 5.73 Å². The van der Waals surface area contributed by atoms with E-state index in [-0.39, 0.29) is 5.82 Å². The van der Waals surface area contributed by atoms with Crippen molar-refractivity contribution in [3.63, 3.8) is 0 Å². The zero-order valence-corrected chi connectivity index (χ0v) is 11.1. The minimum atomic E-state index is -0.544. The summed E-state index contributed by atoms with van der Waals surface area (Å²) < 4.78 is 13.8. The molecule has 1 nitrogen and oxygen atoms in total. The molecule has 0 aliphatic heterocycles. The summed E-state index contributed by atoms with van der Waals surface area (Å²) in [6, 6.07) is 9.94. The van der Waals surface area contributed by atoms with Crippen molar-refractivity contribution in [3.05, 3.63) is 69.5 Å². The first kappa shape index (κ1) is 13.1. The molecule has 18 heavy (non-hydrogen) atoms. The van der Waals surface area contributed by atoms with Crippen LogP contribution < -0.4 is 5.73 Å². The molecule has 94 valence electrons. The topological polar surface area (TPSA) is 26.0 Å². The molecule has 0 aliphatic carbocycles. The summed E-state index contributed by atoms with van der Waals surface area (Å²) in [5, 5.41) is 0.362. The smallest absolute Gasteiger partial charge is 0.129 e. The van der Waals surface area contributed by atoms with E-state index in [4.69, 9.17) is 17.3 Å². The van der Waals surface area contributed by atoms with Crippen LogP contribution in [0.1, 0.15) is 28.3 Å². The van der Waals surface area contributed by atoms with Crippen LogP contribution in [0.3, 0.4) is 0 Å². The van der Waals surface area contributed by atoms with Gasteiger partial charge in [0.1, 0.15) is 5.82 Å². The molecule has 0 amide bonds. The van der Waals surface area contributed by atoms with Crippen LogP contribution in [0.5, 0.6) is 0 Å². The average Bonchev–Trinajstić information content (AvgIpc) is 2.32. The lowest BCUT2D eigenvalue weighted by Gasteiger charge is -2.16. The Hall–Kier alpha value is -1.38. The van der Waals surface area contributed by atoms with Crippen LogP contribution in [0.25, 0.3) is 0 Å². The quantitative estimate of drug-likeness (QED) is 0.866. The van der Waals surface area contributed by atoms with Crippen LogP contribution in [0.2, 0.25) is 5.02 Å². The van der Waals surface area contributed by atoms with Gasteiger partial charge in [-0.15, -0.1) is 0 Å². The van der Waals surface area contributed by atoms with Crippen molar-refractivity contribution in [2.45, 2.75) is 19.9 Å². The monoisotopic (exact) mass is 263 g/mol. The second-order valence-corrected chi connectivity index (χ2v) is 4.86. The maximum atomic E-state index is 13.8. The van der Waals surface area contributed by atoms with E-state index in [2.05, 4.69) is 0 Å². The number of benzene rings is 2. The van der Waals surface area contributed by atoms with Crippen LogP contribution in [0.4, 0.5) is 4.39 Å². The molecule has 0 bridgehead atoms. The highest BCUT2D eigenvalue weighted by atomic mass is 35.5. The number of halogens is 2. The van der Waals surface area contributed by atoms with Crippen LogP contribution >= 0.6 is 11.6 Å². The van der Waals surface area contributed by atoms with Gasteiger partial charge in [0.15, 0.2) is 0 Å². The van der Waals surface area contributed by atoms with Crippen molar-refractivity contribution in [1.29, 1.82) is 0 Å². The largest absolute Gasteiger partial charge is 0.320 e. The van der Waals surface area contributed by atoms with Crippen molar-refractivity contribution in [3.8, 4) is 0 Å². The molecule has 0 saturated heterocycles. The van der Waals surface area contributed by atoms with E-state index in [0.29, 0.717) is 10.6 Å². The second kappa shape index (κ2) is 5.09. The lowest BCUT2D eigenvalue weighted by Crippen LogP contribution is -2.14. The Kier molecular flexibility index (Phi) is 3.69. The van der Waals surface area contributed by atoms with Crippen LogP contribution in [-0.2, 0) is 0 Å². The van der Waals surface area contributed by atoms with E-state index >= 15 is 0 Å². The number of rotatable bonds is 2. The van der Waals surface area contributed by atoms with Crippen molar-refractivity contribution in [2.75, 3.05) is 0 Å². The van der Waals surface area contributed by atoms with Gasteiger partial charge in [-0.3, -0.25) is 0 Å². The summed E-state index contributed by atoms with van der Waals surface area (Å²) in [6.45, 7) is 4.04. The molecule has 2 aromatic carbocycles. The highest BCUT2D eigenvalue weighted by Crippen LogP contribution is 2.29. The molecule has 1 atom stereocenters. The van der Waals surface area contributed by atoms with Crippen LogP contribution in [-0.4, -0.2) is 0 Å². The summed E-state index contributed by atoms with van der Waals surface area (Å²) in [7, 11) is 0. The van der Waals surface area contributed by atoms with E-state index in [1.807, 2.05) is 32.0 Å².